The molecule has 9 heteroatoms. The van der Waals surface area contributed by atoms with Gasteiger partial charge >= 0.3 is 59.9 Å². The molecule has 0 spiro atoms. The van der Waals surface area contributed by atoms with Crippen LogP contribution in [-0.4, -0.2) is 23.2 Å². The smallest absolute Gasteiger partial charge is 2.00 e. The van der Waals surface area contributed by atoms with Gasteiger partial charge in [0.25, 0.3) is 6.79 Å². The van der Waals surface area contributed by atoms with Gasteiger partial charge in [0.1, 0.15) is 0 Å². The van der Waals surface area contributed by atoms with Gasteiger partial charge in [0.2, 0.25) is 0 Å². The van der Waals surface area contributed by atoms with Gasteiger partial charge in [-0.3, -0.25) is 4.79 Å². The quantitative estimate of drug-likeness (QED) is 0.306. The standard InChI is InChI=1S/C6H6.CO.6ClH.Co.Sn/c1-6-4-2-3-5-6;1-2;;;;;;;;/h2-5H,1H2;;6*1H;;/q;;;;;;;;+2;+4/p-6. The van der Waals surface area contributed by atoms with Crippen molar-refractivity contribution in [3.05, 3.63) is 36.5 Å². The van der Waals surface area contributed by atoms with E-state index >= 15 is 0 Å². The Morgan fingerprint density at radius 3 is 1.25 bits per heavy atom. The fraction of sp³-hybridized carbons (Fsp3) is 0. The average Bonchev–Trinajstić information content (AvgIpc) is 2.43. The Morgan fingerprint density at radius 2 is 1.19 bits per heavy atom. The van der Waals surface area contributed by atoms with Crippen LogP contribution in [0.5, 0.6) is 0 Å². The summed E-state index contributed by atoms with van der Waals surface area (Å²) in [4.78, 5) is 7.50. The predicted molar refractivity (Wildman–Crippen MR) is 56.4 cm³/mol. The number of hydrogen-bond acceptors (Lipinski definition) is 1. The molecule has 1 aliphatic carbocycles. The van der Waals surface area contributed by atoms with E-state index in [2.05, 4.69) is 13.4 Å². The third kappa shape index (κ3) is 44.5. The molecule has 0 atom stereocenters. The van der Waals surface area contributed by atoms with Gasteiger partial charge in [-0.15, -0.1) is 0 Å². The van der Waals surface area contributed by atoms with Gasteiger partial charge < -0.3 is 37.2 Å². The summed E-state index contributed by atoms with van der Waals surface area (Å²) in [5.74, 6) is 0. The molecule has 1 aliphatic rings. The summed E-state index contributed by atoms with van der Waals surface area (Å²) in [7, 11) is 15.0. The van der Waals surface area contributed by atoms with Crippen LogP contribution in [0.2, 0.25) is 0 Å². The molecule has 0 aromatic rings. The number of carbonyl (C=O) groups excluding carboxylic acids is 1. The first-order valence-electron chi connectivity index (χ1n) is 2.70. The molecule has 0 heterocycles. The molecule has 0 aromatic carbocycles. The van der Waals surface area contributed by atoms with E-state index in [0.29, 0.717) is 0 Å². The van der Waals surface area contributed by atoms with Crippen molar-refractivity contribution in [1.29, 1.82) is 0 Å². The molecule has 3 radical (unpaired) electrons. The summed E-state index contributed by atoms with van der Waals surface area (Å²) in [6.07, 6.45) is 7.89. The largest absolute Gasteiger partial charge is 2.00 e. The molecule has 0 amide bonds. The van der Waals surface area contributed by atoms with Crippen LogP contribution >= 0.6 is 26.8 Å². The summed E-state index contributed by atoms with van der Waals surface area (Å²) in [6, 6.07) is 0. The molecular formula is C7H6Cl6CoOSn. The Kier molecular flexibility index (Phi) is 68.1. The van der Waals surface area contributed by atoms with Gasteiger partial charge in [0.15, 0.2) is 0 Å². The minimum atomic E-state index is -2.13. The van der Waals surface area contributed by atoms with Crippen molar-refractivity contribution in [2.45, 2.75) is 0 Å². The molecule has 1 nitrogen and oxygen atoms in total. The van der Waals surface area contributed by atoms with E-state index in [1.165, 1.54) is 0 Å². The van der Waals surface area contributed by atoms with E-state index in [4.69, 9.17) is 31.6 Å². The van der Waals surface area contributed by atoms with Crippen molar-refractivity contribution < 1.29 is 58.8 Å². The van der Waals surface area contributed by atoms with E-state index < -0.39 is 16.4 Å². The third-order valence-electron chi connectivity index (χ3n) is 0.732. The first-order valence-corrected chi connectivity index (χ1v) is 13.5. The fourth-order valence-electron chi connectivity index (χ4n) is 0.414. The summed E-state index contributed by atoms with van der Waals surface area (Å²) < 4.78 is 0. The van der Waals surface area contributed by atoms with Crippen LogP contribution in [0, 0.1) is 0 Å². The molecule has 0 unspecified atom stereocenters. The minimum absolute atomic E-state index is 0. The van der Waals surface area contributed by atoms with Gasteiger partial charge in [-0.2, -0.15) is 0 Å². The molecule has 0 saturated heterocycles. The summed E-state index contributed by atoms with van der Waals surface area (Å²) in [5, 5.41) is 0. The summed E-state index contributed by atoms with van der Waals surface area (Å²) >= 11 is -2.13. The maximum atomic E-state index is 7.50. The first kappa shape index (κ1) is 36.1. The number of allylic oxidation sites excluding steroid dienone is 5. The Morgan fingerprint density at radius 1 is 1.00 bits per heavy atom. The van der Waals surface area contributed by atoms with Gasteiger partial charge in [0, 0.05) is 0 Å². The van der Waals surface area contributed by atoms with Crippen LogP contribution in [0.15, 0.2) is 36.5 Å². The average molecular weight is 496 g/mol. The van der Waals surface area contributed by atoms with Gasteiger partial charge in [0.05, 0.1) is 0 Å². The Hall–Kier alpha value is 1.94. The molecule has 0 bridgehead atoms. The van der Waals surface area contributed by atoms with Gasteiger partial charge in [-0.25, -0.2) is 0 Å². The zero-order valence-corrected chi connectivity index (χ0v) is 16.0. The second-order valence-electron chi connectivity index (χ2n) is 1.51. The predicted octanol–water partition coefficient (Wildman–Crippen LogP) is -6.03. The van der Waals surface area contributed by atoms with Gasteiger partial charge in [-0.1, -0.05) is 30.9 Å². The van der Waals surface area contributed by atoms with Crippen LogP contribution in [0.4, 0.5) is 0 Å². The number of rotatable bonds is 0. The van der Waals surface area contributed by atoms with E-state index in [0.717, 1.165) is 5.57 Å². The summed E-state index contributed by atoms with van der Waals surface area (Å²) in [5.41, 5.74) is 1.09. The molecule has 1 rings (SSSR count). The van der Waals surface area contributed by atoms with Gasteiger partial charge in [-0.05, 0) is 5.57 Å². The normalized spacial score (nSPS) is 8.31. The van der Waals surface area contributed by atoms with E-state index in [1.807, 2.05) is 24.3 Å². The molecule has 0 aromatic heterocycles. The maximum Gasteiger partial charge on any atom is 2.00 e. The van der Waals surface area contributed by atoms with Crippen molar-refractivity contribution in [3.8, 4) is 0 Å². The SMILES string of the molecule is C=C1C=CC=C1.[C]=O.[Cl-].[Cl-].[Cl-].[Cl][Sn+]([Cl])[Cl].[Co+2]. The zero-order chi connectivity index (χ0) is 9.98. The molecule has 0 saturated carbocycles. The van der Waals surface area contributed by atoms with Crippen molar-refractivity contribution in [3.63, 3.8) is 0 Å². The van der Waals surface area contributed by atoms with E-state index in [1.54, 1.807) is 0 Å². The van der Waals surface area contributed by atoms with E-state index in [-0.39, 0.29) is 54.0 Å². The van der Waals surface area contributed by atoms with E-state index in [9.17, 15) is 0 Å². The Bertz CT molecular complexity index is 171. The van der Waals surface area contributed by atoms with Crippen molar-refractivity contribution in [2.24, 2.45) is 0 Å². The molecular weight excluding hydrogens is 490 g/mol. The first-order chi connectivity index (χ1) is 5.63. The Labute approximate surface area is 143 Å². The van der Waals surface area contributed by atoms with Crippen molar-refractivity contribution in [2.75, 3.05) is 0 Å². The van der Waals surface area contributed by atoms with Crippen LogP contribution in [0.3, 0.4) is 0 Å². The maximum absolute atomic E-state index is 7.50. The molecule has 0 aliphatic heterocycles. The second-order valence-corrected chi connectivity index (χ2v) is 14.2. The third-order valence-corrected chi connectivity index (χ3v) is 0.732. The topological polar surface area (TPSA) is 17.1 Å². The van der Waals surface area contributed by atoms with Crippen LogP contribution in [-0.2, 0) is 21.6 Å². The van der Waals surface area contributed by atoms with Crippen LogP contribution in [0.1, 0.15) is 0 Å². The monoisotopic (exact) mass is 495 g/mol. The molecule has 0 N–H and O–H groups in total. The summed E-state index contributed by atoms with van der Waals surface area (Å²) in [6.45, 7) is 8.18. The molecule has 95 valence electrons. The molecule has 16 heavy (non-hydrogen) atoms. The number of hydrogen-bond donors (Lipinski definition) is 0. The van der Waals surface area contributed by atoms with Crippen molar-refractivity contribution >= 4 is 49.9 Å². The van der Waals surface area contributed by atoms with Crippen molar-refractivity contribution in [1.82, 2.24) is 0 Å². The zero-order valence-electron chi connectivity index (χ0n) is 7.53. The van der Waals surface area contributed by atoms with Crippen LogP contribution in [0.25, 0.3) is 0 Å². The molecule has 0 fully saturated rings. The second kappa shape index (κ2) is 30.2. The Balaban J connectivity index is -0.0000000230. The fourth-order valence-corrected chi connectivity index (χ4v) is 0.414. The number of halogens is 6. The minimum Gasteiger partial charge on any atom is 2.00 e. The van der Waals surface area contributed by atoms with Crippen LogP contribution < -0.4 is 37.2 Å².